The van der Waals surface area contributed by atoms with Gasteiger partial charge in [0.2, 0.25) is 5.95 Å². The van der Waals surface area contributed by atoms with Crippen LogP contribution in [0.5, 0.6) is 0 Å². The minimum absolute atomic E-state index is 0.0126. The number of rotatable bonds is 6. The lowest BCUT2D eigenvalue weighted by Crippen LogP contribution is -2.40. The van der Waals surface area contributed by atoms with Gasteiger partial charge in [-0.25, -0.2) is 19.6 Å². The summed E-state index contributed by atoms with van der Waals surface area (Å²) in [5.74, 6) is -4.72. The van der Waals surface area contributed by atoms with E-state index in [4.69, 9.17) is 29.5 Å². The van der Waals surface area contributed by atoms with Crippen molar-refractivity contribution in [3.05, 3.63) is 52.8 Å². The van der Waals surface area contributed by atoms with Crippen molar-refractivity contribution in [2.75, 3.05) is 25.0 Å². The number of hydrogen-bond donors (Lipinski definition) is 3. The van der Waals surface area contributed by atoms with Gasteiger partial charge in [0, 0.05) is 30.9 Å². The Morgan fingerprint density at radius 1 is 1.05 bits per heavy atom. The Bertz CT molecular complexity index is 1200. The van der Waals surface area contributed by atoms with E-state index in [2.05, 4.69) is 46.4 Å². The van der Waals surface area contributed by atoms with Crippen molar-refractivity contribution in [1.82, 2.24) is 14.9 Å². The molecule has 2 aliphatic heterocycles. The average Bonchev–Trinajstić information content (AvgIpc) is 3.64. The molecule has 1 aromatic carbocycles. The number of halogens is 6. The molecule has 1 unspecified atom stereocenters. The van der Waals surface area contributed by atoms with Crippen molar-refractivity contribution in [2.24, 2.45) is 0 Å². The molecule has 1 aliphatic carbocycles. The van der Waals surface area contributed by atoms with Crippen LogP contribution in [0.4, 0.5) is 32.3 Å². The first kappa shape index (κ1) is 33.0. The van der Waals surface area contributed by atoms with E-state index in [1.165, 1.54) is 41.6 Å². The molecule has 9 nitrogen and oxygen atoms in total. The van der Waals surface area contributed by atoms with E-state index in [1.807, 2.05) is 6.20 Å². The number of nitrogens with zero attached hydrogens (tertiary/aromatic N) is 3. The van der Waals surface area contributed by atoms with Crippen LogP contribution in [-0.4, -0.2) is 75.1 Å². The number of nitrogens with one attached hydrogen (secondary N) is 1. The number of carboxylic acid groups (broad SMARTS) is 2. The Labute approximate surface area is 237 Å². The van der Waals surface area contributed by atoms with Crippen LogP contribution in [0.25, 0.3) is 0 Å². The van der Waals surface area contributed by atoms with Crippen molar-refractivity contribution >= 4 is 17.9 Å². The summed E-state index contributed by atoms with van der Waals surface area (Å²) in [6, 6.07) is 9.73. The van der Waals surface area contributed by atoms with E-state index < -0.39 is 24.3 Å². The number of hydrogen-bond acceptors (Lipinski definition) is 7. The van der Waals surface area contributed by atoms with Gasteiger partial charge in [-0.05, 0) is 43.4 Å². The Morgan fingerprint density at radius 2 is 1.62 bits per heavy atom. The van der Waals surface area contributed by atoms with Crippen LogP contribution in [0.15, 0.2) is 30.5 Å². The smallest absolute Gasteiger partial charge is 0.475 e. The fraction of sp³-hybridized carbons (Fsp3) is 0.556. The fourth-order valence-corrected chi connectivity index (χ4v) is 4.64. The van der Waals surface area contributed by atoms with Gasteiger partial charge in [0.25, 0.3) is 0 Å². The molecule has 2 fully saturated rings. The first-order valence-corrected chi connectivity index (χ1v) is 13.2. The van der Waals surface area contributed by atoms with Gasteiger partial charge in [-0.1, -0.05) is 37.6 Å². The number of alkyl halides is 6. The molecule has 42 heavy (non-hydrogen) atoms. The highest BCUT2D eigenvalue weighted by molar-refractivity contribution is 5.73. The Kier molecular flexibility index (Phi) is 10.8. The normalized spacial score (nSPS) is 20.1. The zero-order valence-corrected chi connectivity index (χ0v) is 22.8. The maximum atomic E-state index is 10.6. The number of carboxylic acids is 2. The molecule has 3 heterocycles. The summed E-state index contributed by atoms with van der Waals surface area (Å²) in [6.07, 6.45) is -2.25. The second kappa shape index (κ2) is 13.7. The number of fused-ring (bicyclic) bond motifs is 2. The first-order valence-electron chi connectivity index (χ1n) is 13.2. The SMILES string of the molecule is CCCc1ccc(CN2CCC3(COCc4cnc(NC5CC5)nc43)C2)cc1.O=C(O)C(F)(F)F.O=C(O)C(F)(F)F. The van der Waals surface area contributed by atoms with E-state index in [0.29, 0.717) is 12.6 Å². The van der Waals surface area contributed by atoms with Gasteiger partial charge in [0.15, 0.2) is 0 Å². The van der Waals surface area contributed by atoms with E-state index in [-0.39, 0.29) is 5.41 Å². The van der Waals surface area contributed by atoms with Gasteiger partial charge in [-0.3, -0.25) is 4.90 Å². The third kappa shape index (κ3) is 9.54. The molecule has 232 valence electrons. The molecule has 3 N–H and O–H groups in total. The predicted octanol–water partition coefficient (Wildman–Crippen LogP) is 4.94. The number of aryl methyl sites for hydroxylation is 1. The topological polar surface area (TPSA) is 125 Å². The van der Waals surface area contributed by atoms with Gasteiger partial charge >= 0.3 is 24.3 Å². The molecule has 0 radical (unpaired) electrons. The Balaban J connectivity index is 0.000000289. The summed E-state index contributed by atoms with van der Waals surface area (Å²) >= 11 is 0. The minimum Gasteiger partial charge on any atom is -0.475 e. The molecule has 0 amide bonds. The van der Waals surface area contributed by atoms with Crippen molar-refractivity contribution < 1.29 is 50.9 Å². The molecule has 2 aromatic rings. The molecule has 0 bridgehead atoms. The molecule has 3 aliphatic rings. The molecular weight excluding hydrogens is 574 g/mol. The summed E-state index contributed by atoms with van der Waals surface area (Å²) < 4.78 is 69.5. The van der Waals surface area contributed by atoms with Crippen LogP contribution in [0.3, 0.4) is 0 Å². The number of likely N-dealkylation sites (tertiary alicyclic amines) is 1. The summed E-state index contributed by atoms with van der Waals surface area (Å²) in [6.45, 7) is 6.75. The second-order valence-corrected chi connectivity index (χ2v) is 10.4. The number of carbonyl (C=O) groups is 2. The Hall–Kier alpha value is -3.46. The Morgan fingerprint density at radius 3 is 2.14 bits per heavy atom. The number of aromatic nitrogens is 2. The molecular formula is C27H32F6N4O5. The maximum absolute atomic E-state index is 10.6. The standard InChI is InChI=1S/C23H30N4O.2C2HF3O2/c1-2-3-17-4-6-18(7-5-17)13-27-11-10-23(15-27)16-28-14-19-12-24-22(26-21(19)23)25-20-8-9-20;2*3-2(4,5)1(6)7/h4-7,12,20H,2-3,8-11,13-16H2,1H3,(H,24,25,26);2*(H,6,7). The lowest BCUT2D eigenvalue weighted by Gasteiger charge is -2.34. The summed E-state index contributed by atoms with van der Waals surface area (Å²) in [4.78, 5) is 29.8. The molecule has 15 heteroatoms. The van der Waals surface area contributed by atoms with Crippen LogP contribution < -0.4 is 5.32 Å². The van der Waals surface area contributed by atoms with Gasteiger partial charge in [-0.2, -0.15) is 26.3 Å². The monoisotopic (exact) mass is 606 g/mol. The molecule has 5 rings (SSSR count). The first-order chi connectivity index (χ1) is 19.6. The summed E-state index contributed by atoms with van der Waals surface area (Å²) in [7, 11) is 0. The van der Waals surface area contributed by atoms with Crippen molar-refractivity contribution in [3.63, 3.8) is 0 Å². The minimum atomic E-state index is -5.08. The largest absolute Gasteiger partial charge is 0.490 e. The molecule has 1 saturated carbocycles. The molecule has 1 atom stereocenters. The molecule has 1 aromatic heterocycles. The highest BCUT2D eigenvalue weighted by atomic mass is 19.4. The van der Waals surface area contributed by atoms with E-state index in [1.54, 1.807) is 0 Å². The third-order valence-electron chi connectivity index (χ3n) is 6.80. The van der Waals surface area contributed by atoms with E-state index in [9.17, 15) is 26.3 Å². The van der Waals surface area contributed by atoms with Gasteiger partial charge in [0.1, 0.15) is 0 Å². The quantitative estimate of drug-likeness (QED) is 0.392. The van der Waals surface area contributed by atoms with Gasteiger partial charge in [0.05, 0.1) is 24.3 Å². The van der Waals surface area contributed by atoms with Crippen LogP contribution in [-0.2, 0) is 39.3 Å². The summed E-state index contributed by atoms with van der Waals surface area (Å²) in [5, 5.41) is 17.7. The van der Waals surface area contributed by atoms with Crippen LogP contribution in [0.1, 0.15) is 55.0 Å². The highest BCUT2D eigenvalue weighted by Gasteiger charge is 2.45. The van der Waals surface area contributed by atoms with Crippen LogP contribution in [0.2, 0.25) is 0 Å². The number of benzene rings is 1. The van der Waals surface area contributed by atoms with Crippen molar-refractivity contribution in [2.45, 2.75) is 76.0 Å². The van der Waals surface area contributed by atoms with Crippen LogP contribution >= 0.6 is 0 Å². The predicted molar refractivity (Wildman–Crippen MR) is 138 cm³/mol. The lowest BCUT2D eigenvalue weighted by atomic mass is 9.80. The zero-order valence-electron chi connectivity index (χ0n) is 22.8. The van der Waals surface area contributed by atoms with Crippen LogP contribution in [0, 0.1) is 0 Å². The number of ether oxygens (including phenoxy) is 1. The van der Waals surface area contributed by atoms with Crippen molar-refractivity contribution in [3.8, 4) is 0 Å². The number of aliphatic carboxylic acids is 2. The van der Waals surface area contributed by atoms with Gasteiger partial charge < -0.3 is 20.3 Å². The fourth-order valence-electron chi connectivity index (χ4n) is 4.64. The third-order valence-corrected chi connectivity index (χ3v) is 6.80. The van der Waals surface area contributed by atoms with E-state index in [0.717, 1.165) is 45.0 Å². The van der Waals surface area contributed by atoms with E-state index >= 15 is 0 Å². The molecule has 1 saturated heterocycles. The second-order valence-electron chi connectivity index (χ2n) is 10.4. The zero-order chi connectivity index (χ0) is 31.1. The van der Waals surface area contributed by atoms with Crippen molar-refractivity contribution in [1.29, 1.82) is 0 Å². The van der Waals surface area contributed by atoms with Gasteiger partial charge in [-0.15, -0.1) is 0 Å². The molecule has 1 spiro atoms. The highest BCUT2D eigenvalue weighted by Crippen LogP contribution is 2.40. The lowest BCUT2D eigenvalue weighted by molar-refractivity contribution is -0.193. The maximum Gasteiger partial charge on any atom is 0.490 e. The summed E-state index contributed by atoms with van der Waals surface area (Å²) in [5.41, 5.74) is 5.23. The number of anilines is 1. The average molecular weight is 607 g/mol.